The van der Waals surface area contributed by atoms with Crippen LogP contribution in [0.3, 0.4) is 0 Å². The van der Waals surface area contributed by atoms with Gasteiger partial charge in [0.2, 0.25) is 0 Å². The van der Waals surface area contributed by atoms with Gasteiger partial charge in [0.25, 0.3) is 6.29 Å². The van der Waals surface area contributed by atoms with Crippen molar-refractivity contribution in [1.82, 2.24) is 0 Å². The number of hydrogen-bond donors (Lipinski definition) is 0. The molecule has 0 spiro atoms. The number of cyclic esters (lactones) is 1. The van der Waals surface area contributed by atoms with E-state index in [9.17, 15) is 14.4 Å². The second-order valence-electron chi connectivity index (χ2n) is 8.24. The van der Waals surface area contributed by atoms with Crippen LogP contribution in [0, 0.1) is 16.7 Å². The predicted molar refractivity (Wildman–Crippen MR) is 88.1 cm³/mol. The Hall–Kier alpha value is -1.85. The third-order valence-electron chi connectivity index (χ3n) is 6.25. The van der Waals surface area contributed by atoms with Gasteiger partial charge >= 0.3 is 17.9 Å². The number of carbonyl (C=O) groups is 3. The molecule has 0 saturated heterocycles. The smallest absolute Gasteiger partial charge is 0.337 e. The molecule has 0 aromatic rings. The van der Waals surface area contributed by atoms with Crippen LogP contribution in [0.1, 0.15) is 60.3 Å². The summed E-state index contributed by atoms with van der Waals surface area (Å²) in [6.45, 7) is 9.15. The number of esters is 3. The van der Waals surface area contributed by atoms with E-state index < -0.39 is 23.6 Å². The summed E-state index contributed by atoms with van der Waals surface area (Å²) in [4.78, 5) is 35.5. The molecule has 138 valence electrons. The molecule has 1 aliphatic heterocycles. The van der Waals surface area contributed by atoms with Gasteiger partial charge in [-0.2, -0.15) is 0 Å². The summed E-state index contributed by atoms with van der Waals surface area (Å²) in [5, 5.41) is 0. The second-order valence-corrected chi connectivity index (χ2v) is 8.24. The first-order chi connectivity index (χ1) is 11.6. The van der Waals surface area contributed by atoms with E-state index >= 15 is 0 Å². The van der Waals surface area contributed by atoms with E-state index in [4.69, 9.17) is 14.2 Å². The lowest BCUT2D eigenvalue weighted by molar-refractivity contribution is -0.183. The maximum absolute atomic E-state index is 12.3. The van der Waals surface area contributed by atoms with Crippen molar-refractivity contribution in [2.24, 2.45) is 16.7 Å². The van der Waals surface area contributed by atoms with Crippen LogP contribution in [0.4, 0.5) is 0 Å². The van der Waals surface area contributed by atoms with Crippen molar-refractivity contribution in [2.75, 3.05) is 0 Å². The van der Waals surface area contributed by atoms with Gasteiger partial charge in [-0.15, -0.1) is 0 Å². The minimum absolute atomic E-state index is 0.0241. The highest BCUT2D eigenvalue weighted by Crippen LogP contribution is 2.62. The van der Waals surface area contributed by atoms with E-state index in [1.165, 1.54) is 13.8 Å². The predicted octanol–water partition coefficient (Wildman–Crippen LogP) is 2.90. The number of carbonyl (C=O) groups excluding carboxylic acids is 3. The zero-order valence-corrected chi connectivity index (χ0v) is 15.5. The standard InChI is InChI=1S/C19H26O6/c1-10(20)23-14-8-9-18(3,4)13-7-6-12-15(19(13,14)5)17(24-11(2)21)25-16(12)22/h13-14,17H,6-9H2,1-5H3/t13-,14-,17+,19+/m0/s1. The molecule has 1 heterocycles. The van der Waals surface area contributed by atoms with E-state index in [1.807, 2.05) is 6.92 Å². The van der Waals surface area contributed by atoms with Crippen LogP contribution in [0.25, 0.3) is 0 Å². The highest BCUT2D eigenvalue weighted by Gasteiger charge is 2.61. The normalized spacial score (nSPS) is 36.2. The summed E-state index contributed by atoms with van der Waals surface area (Å²) in [5.41, 5.74) is 0.715. The molecule has 4 atom stereocenters. The van der Waals surface area contributed by atoms with E-state index in [1.54, 1.807) is 0 Å². The van der Waals surface area contributed by atoms with Gasteiger partial charge in [0.1, 0.15) is 6.10 Å². The van der Waals surface area contributed by atoms with Crippen LogP contribution in [-0.2, 0) is 28.6 Å². The number of hydrogen-bond acceptors (Lipinski definition) is 6. The van der Waals surface area contributed by atoms with Gasteiger partial charge in [0.05, 0.1) is 0 Å². The second kappa shape index (κ2) is 5.85. The Labute approximate surface area is 147 Å². The fraction of sp³-hybridized carbons (Fsp3) is 0.737. The monoisotopic (exact) mass is 350 g/mol. The fourth-order valence-corrected chi connectivity index (χ4v) is 5.26. The molecule has 0 radical (unpaired) electrons. The van der Waals surface area contributed by atoms with Gasteiger partial charge < -0.3 is 14.2 Å². The summed E-state index contributed by atoms with van der Waals surface area (Å²) < 4.78 is 16.3. The van der Waals surface area contributed by atoms with Gasteiger partial charge in [0.15, 0.2) is 0 Å². The van der Waals surface area contributed by atoms with Gasteiger partial charge in [-0.1, -0.05) is 20.8 Å². The molecule has 0 unspecified atom stereocenters. The van der Waals surface area contributed by atoms with E-state index in [2.05, 4.69) is 13.8 Å². The molecule has 1 fully saturated rings. The topological polar surface area (TPSA) is 78.9 Å². The molecule has 6 heteroatoms. The average molecular weight is 350 g/mol. The average Bonchev–Trinajstić information content (AvgIpc) is 2.78. The van der Waals surface area contributed by atoms with Crippen LogP contribution < -0.4 is 0 Å². The van der Waals surface area contributed by atoms with Crippen molar-refractivity contribution in [3.63, 3.8) is 0 Å². The Kier molecular flexibility index (Phi) is 4.20. The Morgan fingerprint density at radius 1 is 1.08 bits per heavy atom. The molecule has 25 heavy (non-hydrogen) atoms. The van der Waals surface area contributed by atoms with Crippen molar-refractivity contribution >= 4 is 17.9 Å². The molecule has 1 saturated carbocycles. The van der Waals surface area contributed by atoms with E-state index in [0.29, 0.717) is 24.0 Å². The van der Waals surface area contributed by atoms with Crippen LogP contribution in [0.5, 0.6) is 0 Å². The minimum atomic E-state index is -1.01. The summed E-state index contributed by atoms with van der Waals surface area (Å²) in [6.07, 6.45) is 1.68. The lowest BCUT2D eigenvalue weighted by Gasteiger charge is -2.56. The van der Waals surface area contributed by atoms with Gasteiger partial charge in [-0.25, -0.2) is 4.79 Å². The van der Waals surface area contributed by atoms with Crippen molar-refractivity contribution in [1.29, 1.82) is 0 Å². The van der Waals surface area contributed by atoms with E-state index in [-0.39, 0.29) is 23.4 Å². The highest BCUT2D eigenvalue weighted by molar-refractivity contribution is 5.93. The fourth-order valence-electron chi connectivity index (χ4n) is 5.26. The first-order valence-corrected chi connectivity index (χ1v) is 8.86. The van der Waals surface area contributed by atoms with Crippen LogP contribution in [0.2, 0.25) is 0 Å². The van der Waals surface area contributed by atoms with Gasteiger partial charge in [-0.3, -0.25) is 9.59 Å². The minimum Gasteiger partial charge on any atom is -0.462 e. The summed E-state index contributed by atoms with van der Waals surface area (Å²) in [6, 6.07) is 0. The third kappa shape index (κ3) is 2.75. The van der Waals surface area contributed by atoms with Crippen LogP contribution in [0.15, 0.2) is 11.1 Å². The lowest BCUT2D eigenvalue weighted by atomic mass is 9.49. The Morgan fingerprint density at radius 2 is 1.72 bits per heavy atom. The Bertz CT molecular complexity index is 661. The summed E-state index contributed by atoms with van der Waals surface area (Å²) >= 11 is 0. The molecule has 0 bridgehead atoms. The number of rotatable bonds is 2. The maximum atomic E-state index is 12.3. The van der Waals surface area contributed by atoms with Gasteiger partial charge in [0, 0.05) is 30.4 Å². The van der Waals surface area contributed by atoms with Crippen molar-refractivity contribution in [3.8, 4) is 0 Å². The maximum Gasteiger partial charge on any atom is 0.337 e. The van der Waals surface area contributed by atoms with Gasteiger partial charge in [-0.05, 0) is 37.0 Å². The summed E-state index contributed by atoms with van der Waals surface area (Å²) in [7, 11) is 0. The molecular weight excluding hydrogens is 324 g/mol. The van der Waals surface area contributed by atoms with Crippen molar-refractivity contribution in [3.05, 3.63) is 11.1 Å². The molecule has 0 N–H and O–H groups in total. The van der Waals surface area contributed by atoms with Crippen LogP contribution in [-0.4, -0.2) is 30.3 Å². The third-order valence-corrected chi connectivity index (χ3v) is 6.25. The lowest BCUT2D eigenvalue weighted by Crippen LogP contribution is -2.55. The molecule has 3 aliphatic rings. The Morgan fingerprint density at radius 3 is 2.32 bits per heavy atom. The molecule has 0 amide bonds. The molecular formula is C19H26O6. The van der Waals surface area contributed by atoms with E-state index in [0.717, 1.165) is 12.8 Å². The molecule has 3 rings (SSSR count). The largest absolute Gasteiger partial charge is 0.462 e. The molecule has 6 nitrogen and oxygen atoms in total. The first-order valence-electron chi connectivity index (χ1n) is 8.86. The first kappa shape index (κ1) is 18.0. The summed E-state index contributed by atoms with van der Waals surface area (Å²) in [5.74, 6) is -1.07. The zero-order chi connectivity index (χ0) is 18.6. The Balaban J connectivity index is 2.12. The molecule has 0 aromatic carbocycles. The quantitative estimate of drug-likeness (QED) is 0.713. The van der Waals surface area contributed by atoms with Crippen molar-refractivity contribution < 1.29 is 28.6 Å². The highest BCUT2D eigenvalue weighted by atomic mass is 16.7. The zero-order valence-electron chi connectivity index (χ0n) is 15.5. The molecule has 2 aliphatic carbocycles. The van der Waals surface area contributed by atoms with Crippen LogP contribution >= 0.6 is 0 Å². The van der Waals surface area contributed by atoms with Crippen molar-refractivity contribution in [2.45, 2.75) is 72.7 Å². The molecule has 0 aromatic heterocycles. The SMILES string of the molecule is CC(=O)O[C@@H]1OC(=O)C2=C1[C@@]1(C)[C@@H](OC(C)=O)CCC(C)(C)[C@@H]1CC2. The number of fused-ring (bicyclic) bond motifs is 2. The number of ether oxygens (including phenoxy) is 3.